The molecule has 1 aromatic rings. The first kappa shape index (κ1) is 23.3. The van der Waals surface area contributed by atoms with Crippen LogP contribution in [0.3, 0.4) is 0 Å². The van der Waals surface area contributed by atoms with E-state index in [2.05, 4.69) is 9.80 Å². The van der Waals surface area contributed by atoms with Gasteiger partial charge in [0.2, 0.25) is 0 Å². The van der Waals surface area contributed by atoms with Crippen molar-refractivity contribution in [1.29, 1.82) is 0 Å². The number of rotatable bonds is 3. The Morgan fingerprint density at radius 3 is 2.21 bits per heavy atom. The molecular formula is C26H39N5O3. The Morgan fingerprint density at radius 2 is 1.62 bits per heavy atom. The largest absolute Gasteiger partial charge is 0.444 e. The molecule has 8 nitrogen and oxygen atoms in total. The maximum absolute atomic E-state index is 13.4. The van der Waals surface area contributed by atoms with Gasteiger partial charge in [-0.05, 0) is 83.7 Å². The molecule has 0 unspecified atom stereocenters. The molecule has 34 heavy (non-hydrogen) atoms. The predicted octanol–water partition coefficient (Wildman–Crippen LogP) is 3.30. The Bertz CT molecular complexity index is 938. The second-order valence-electron chi connectivity index (χ2n) is 11.3. The van der Waals surface area contributed by atoms with Gasteiger partial charge >= 0.3 is 6.09 Å². The molecule has 0 saturated carbocycles. The second kappa shape index (κ2) is 8.95. The van der Waals surface area contributed by atoms with E-state index in [1.54, 1.807) is 4.90 Å². The van der Waals surface area contributed by atoms with Gasteiger partial charge in [0, 0.05) is 50.4 Å². The van der Waals surface area contributed by atoms with E-state index in [-0.39, 0.29) is 18.0 Å². The number of ether oxygens (including phenoxy) is 1. The minimum absolute atomic E-state index is 0.0995. The van der Waals surface area contributed by atoms with Crippen LogP contribution in [0.5, 0.6) is 0 Å². The van der Waals surface area contributed by atoms with Crippen LogP contribution in [0.2, 0.25) is 0 Å². The number of likely N-dealkylation sites (tertiary alicyclic amines) is 2. The summed E-state index contributed by atoms with van der Waals surface area (Å²) in [7, 11) is 0. The highest BCUT2D eigenvalue weighted by Gasteiger charge is 2.37. The summed E-state index contributed by atoms with van der Waals surface area (Å²) in [6.07, 6.45) is 4.92. The standard InChI is InChI=1S/C26H39N5O3/c1-26(2,3)34-25(33)30-13-7-20(8-14-30)31-17-18-15-22(27)23(16-21(18)24(31)32)29-11-5-19(6-12-29)28-9-4-10-28/h15-16,19-20H,4-14,17,27H2,1-3H3. The number of amides is 2. The molecule has 2 N–H and O–H groups in total. The van der Waals surface area contributed by atoms with E-state index in [1.165, 1.54) is 19.5 Å². The number of carbonyl (C=O) groups is 2. The molecule has 0 aliphatic carbocycles. The molecule has 0 spiro atoms. The maximum Gasteiger partial charge on any atom is 0.410 e. The number of nitrogen functional groups attached to an aromatic ring is 1. The van der Waals surface area contributed by atoms with Crippen LogP contribution >= 0.6 is 0 Å². The summed E-state index contributed by atoms with van der Waals surface area (Å²) in [5, 5.41) is 0. The average Bonchev–Trinajstić information content (AvgIpc) is 3.07. The fourth-order valence-electron chi connectivity index (χ4n) is 5.83. The van der Waals surface area contributed by atoms with Gasteiger partial charge in [0.25, 0.3) is 5.91 Å². The Hall–Kier alpha value is -2.48. The number of anilines is 2. The summed E-state index contributed by atoms with van der Waals surface area (Å²) >= 11 is 0. The molecule has 0 bridgehead atoms. The Labute approximate surface area is 203 Å². The first-order valence-electron chi connectivity index (χ1n) is 12.9. The summed E-state index contributed by atoms with van der Waals surface area (Å²) in [4.78, 5) is 34.5. The summed E-state index contributed by atoms with van der Waals surface area (Å²) < 4.78 is 5.51. The van der Waals surface area contributed by atoms with E-state index in [0.717, 1.165) is 61.3 Å². The fraction of sp³-hybridized carbons (Fsp3) is 0.692. The van der Waals surface area contributed by atoms with Crippen molar-refractivity contribution < 1.29 is 14.3 Å². The third-order valence-electron chi connectivity index (χ3n) is 7.85. The lowest BCUT2D eigenvalue weighted by Gasteiger charge is -2.43. The van der Waals surface area contributed by atoms with Gasteiger partial charge in [-0.3, -0.25) is 4.79 Å². The lowest BCUT2D eigenvalue weighted by atomic mass is 9.98. The topological polar surface area (TPSA) is 82.3 Å². The normalized spacial score (nSPS) is 22.7. The quantitative estimate of drug-likeness (QED) is 0.684. The van der Waals surface area contributed by atoms with Gasteiger partial charge in [0.15, 0.2) is 0 Å². The minimum atomic E-state index is -0.498. The van der Waals surface area contributed by atoms with Crippen LogP contribution in [0, 0.1) is 0 Å². The predicted molar refractivity (Wildman–Crippen MR) is 133 cm³/mol. The van der Waals surface area contributed by atoms with Gasteiger partial charge in [-0.2, -0.15) is 0 Å². The Morgan fingerprint density at radius 1 is 0.971 bits per heavy atom. The molecule has 186 valence electrons. The molecule has 0 radical (unpaired) electrons. The van der Waals surface area contributed by atoms with Crippen molar-refractivity contribution in [3.8, 4) is 0 Å². The number of piperidine rings is 2. The minimum Gasteiger partial charge on any atom is -0.444 e. The maximum atomic E-state index is 13.4. The number of nitrogens with two attached hydrogens (primary N) is 1. The van der Waals surface area contributed by atoms with E-state index in [4.69, 9.17) is 10.5 Å². The number of carbonyl (C=O) groups excluding carboxylic acids is 2. The zero-order chi connectivity index (χ0) is 24.0. The smallest absolute Gasteiger partial charge is 0.410 e. The van der Waals surface area contributed by atoms with Crippen LogP contribution in [0.25, 0.3) is 0 Å². The molecule has 3 fully saturated rings. The summed E-state index contributed by atoms with van der Waals surface area (Å²) in [5.74, 6) is 0.0995. The van der Waals surface area contributed by atoms with E-state index in [0.29, 0.717) is 25.7 Å². The van der Waals surface area contributed by atoms with Crippen molar-refractivity contribution >= 4 is 23.4 Å². The molecule has 4 aliphatic heterocycles. The number of fused-ring (bicyclic) bond motifs is 1. The highest BCUT2D eigenvalue weighted by Crippen LogP contribution is 2.36. The highest BCUT2D eigenvalue weighted by molar-refractivity contribution is 6.00. The van der Waals surface area contributed by atoms with Crippen LogP contribution < -0.4 is 10.6 Å². The zero-order valence-corrected chi connectivity index (χ0v) is 20.9. The summed E-state index contributed by atoms with van der Waals surface area (Å²) in [6, 6.07) is 4.88. The first-order valence-corrected chi connectivity index (χ1v) is 12.9. The van der Waals surface area contributed by atoms with E-state index in [1.807, 2.05) is 37.8 Å². The third kappa shape index (κ3) is 4.57. The number of nitrogens with zero attached hydrogens (tertiary/aromatic N) is 4. The Balaban J connectivity index is 1.21. The van der Waals surface area contributed by atoms with Gasteiger partial charge in [-0.15, -0.1) is 0 Å². The van der Waals surface area contributed by atoms with Crippen molar-refractivity contribution in [2.75, 3.05) is 49.9 Å². The van der Waals surface area contributed by atoms with E-state index in [9.17, 15) is 9.59 Å². The number of hydrogen-bond acceptors (Lipinski definition) is 6. The summed E-state index contributed by atoms with van der Waals surface area (Å²) in [6.45, 7) is 11.9. The van der Waals surface area contributed by atoms with Gasteiger partial charge < -0.3 is 30.1 Å². The molecule has 1 aromatic carbocycles. The van der Waals surface area contributed by atoms with Gasteiger partial charge in [0.05, 0.1) is 11.4 Å². The van der Waals surface area contributed by atoms with Crippen molar-refractivity contribution in [3.05, 3.63) is 23.3 Å². The fourth-order valence-corrected chi connectivity index (χ4v) is 5.83. The second-order valence-corrected chi connectivity index (χ2v) is 11.3. The first-order chi connectivity index (χ1) is 16.2. The molecule has 8 heteroatoms. The van der Waals surface area contributed by atoms with Crippen LogP contribution in [0.1, 0.15) is 68.8 Å². The van der Waals surface area contributed by atoms with Crippen molar-refractivity contribution in [1.82, 2.24) is 14.7 Å². The monoisotopic (exact) mass is 469 g/mol. The molecule has 4 heterocycles. The SMILES string of the molecule is CC(C)(C)OC(=O)N1CCC(N2Cc3cc(N)c(N4CCC(N5CCC5)CC4)cc3C2=O)CC1. The molecule has 5 rings (SSSR count). The van der Waals surface area contributed by atoms with Crippen molar-refractivity contribution in [2.24, 2.45) is 0 Å². The molecule has 3 saturated heterocycles. The van der Waals surface area contributed by atoms with Gasteiger partial charge in [-0.1, -0.05) is 0 Å². The van der Waals surface area contributed by atoms with Gasteiger partial charge in [-0.25, -0.2) is 4.79 Å². The van der Waals surface area contributed by atoms with E-state index < -0.39 is 5.60 Å². The summed E-state index contributed by atoms with van der Waals surface area (Å²) in [5.41, 5.74) is 9.59. The lowest BCUT2D eigenvalue weighted by Crippen LogP contribution is -2.50. The van der Waals surface area contributed by atoms with Crippen molar-refractivity contribution in [2.45, 2.75) is 77.1 Å². The molecule has 2 amide bonds. The van der Waals surface area contributed by atoms with Crippen molar-refractivity contribution in [3.63, 3.8) is 0 Å². The van der Waals surface area contributed by atoms with Crippen LogP contribution in [0.4, 0.5) is 16.2 Å². The van der Waals surface area contributed by atoms with Crippen LogP contribution in [-0.2, 0) is 11.3 Å². The lowest BCUT2D eigenvalue weighted by molar-refractivity contribution is 0.0148. The molecule has 4 aliphatic rings. The molecule has 0 atom stereocenters. The molecular weight excluding hydrogens is 430 g/mol. The molecule has 0 aromatic heterocycles. The van der Waals surface area contributed by atoms with Crippen LogP contribution in [0.15, 0.2) is 12.1 Å². The van der Waals surface area contributed by atoms with E-state index >= 15 is 0 Å². The third-order valence-corrected chi connectivity index (χ3v) is 7.85. The van der Waals surface area contributed by atoms with Gasteiger partial charge in [0.1, 0.15) is 5.60 Å². The zero-order valence-electron chi connectivity index (χ0n) is 20.9. The number of hydrogen-bond donors (Lipinski definition) is 1. The number of benzene rings is 1. The highest BCUT2D eigenvalue weighted by atomic mass is 16.6. The Kier molecular flexibility index (Phi) is 6.12. The van der Waals surface area contributed by atoms with Crippen LogP contribution in [-0.4, -0.2) is 83.7 Å². The average molecular weight is 470 g/mol.